The fraction of sp³-hybridized carbons (Fsp3) is 0.364. The normalized spacial score (nSPS) is 11.8. The lowest BCUT2D eigenvalue weighted by Crippen LogP contribution is -2.21. The molecule has 0 fully saturated rings. The summed E-state index contributed by atoms with van der Waals surface area (Å²) in [4.78, 5) is 12.0. The third kappa shape index (κ3) is 3.66. The van der Waals surface area contributed by atoms with Gasteiger partial charge in [0.05, 0.1) is 0 Å². The van der Waals surface area contributed by atoms with Crippen LogP contribution in [0, 0.1) is 0 Å². The van der Waals surface area contributed by atoms with Crippen molar-refractivity contribution in [3.05, 3.63) is 17.9 Å². The maximum Gasteiger partial charge on any atom is 0.293 e. The monoisotopic (exact) mass is 362 g/mol. The van der Waals surface area contributed by atoms with Gasteiger partial charge in [0.25, 0.3) is 15.9 Å². The molecule has 0 saturated heterocycles. The van der Waals surface area contributed by atoms with E-state index in [0.29, 0.717) is 5.13 Å². The molecular weight excluding hydrogens is 348 g/mol. The predicted octanol–water partition coefficient (Wildman–Crippen LogP) is 1.75. The van der Waals surface area contributed by atoms with E-state index in [2.05, 4.69) is 15.5 Å². The van der Waals surface area contributed by atoms with Gasteiger partial charge in [0.2, 0.25) is 10.2 Å². The van der Waals surface area contributed by atoms with Crippen LogP contribution in [0.3, 0.4) is 0 Å². The minimum atomic E-state index is -3.71. The van der Waals surface area contributed by atoms with Crippen molar-refractivity contribution in [3.8, 4) is 0 Å². The first-order valence-electron chi connectivity index (χ1n) is 6.14. The van der Waals surface area contributed by atoms with Gasteiger partial charge in [-0.25, -0.2) is 12.7 Å². The molecule has 8 nitrogen and oxygen atoms in total. The fourth-order valence-corrected chi connectivity index (χ4v) is 3.80. The van der Waals surface area contributed by atoms with E-state index >= 15 is 0 Å². The largest absolute Gasteiger partial charge is 0.438 e. The SMILES string of the molecule is CCSc1nnc(NC(=O)c2ccc(S(=O)(=O)N(C)C)o2)s1. The zero-order valence-corrected chi connectivity index (χ0v) is 14.5. The van der Waals surface area contributed by atoms with E-state index in [0.717, 1.165) is 14.4 Å². The number of nitrogens with one attached hydrogen (secondary N) is 1. The first kappa shape index (κ1) is 16.9. The highest BCUT2D eigenvalue weighted by Crippen LogP contribution is 2.25. The molecule has 0 aliphatic rings. The van der Waals surface area contributed by atoms with Gasteiger partial charge in [-0.3, -0.25) is 10.1 Å². The zero-order valence-electron chi connectivity index (χ0n) is 12.1. The van der Waals surface area contributed by atoms with E-state index in [1.165, 1.54) is 49.3 Å². The standard InChI is InChI=1S/C11H14N4O4S3/c1-4-20-11-14-13-10(21-11)12-9(16)7-5-6-8(19-7)22(17,18)15(2)3/h5-6H,4H2,1-3H3,(H,12,13,16). The number of sulfonamides is 1. The second-order valence-corrected chi connectivity index (χ2v) is 8.74. The molecule has 0 saturated carbocycles. The Hall–Kier alpha value is -1.43. The second-order valence-electron chi connectivity index (χ2n) is 4.17. The summed E-state index contributed by atoms with van der Waals surface area (Å²) in [6.07, 6.45) is 0. The van der Waals surface area contributed by atoms with Gasteiger partial charge < -0.3 is 4.42 Å². The van der Waals surface area contributed by atoms with Gasteiger partial charge in [-0.2, -0.15) is 0 Å². The molecule has 0 aliphatic carbocycles. The molecule has 1 amide bonds. The maximum atomic E-state index is 12.0. The quantitative estimate of drug-likeness (QED) is 0.616. The molecule has 2 heterocycles. The van der Waals surface area contributed by atoms with Crippen LogP contribution in [-0.2, 0) is 10.0 Å². The Balaban J connectivity index is 2.12. The smallest absolute Gasteiger partial charge is 0.293 e. The summed E-state index contributed by atoms with van der Waals surface area (Å²) in [7, 11) is -0.946. The number of carbonyl (C=O) groups is 1. The minimum Gasteiger partial charge on any atom is -0.438 e. The van der Waals surface area contributed by atoms with Gasteiger partial charge in [-0.05, 0) is 17.9 Å². The Labute approximate surface area is 136 Å². The van der Waals surface area contributed by atoms with Crippen LogP contribution in [0.15, 0.2) is 26.0 Å². The minimum absolute atomic E-state index is 0.111. The van der Waals surface area contributed by atoms with Crippen molar-refractivity contribution < 1.29 is 17.6 Å². The molecule has 1 N–H and O–H groups in total. The van der Waals surface area contributed by atoms with Crippen molar-refractivity contribution in [1.29, 1.82) is 0 Å². The summed E-state index contributed by atoms with van der Waals surface area (Å²) in [5.74, 6) is 0.164. The number of thioether (sulfide) groups is 1. The fourth-order valence-electron chi connectivity index (χ4n) is 1.36. The van der Waals surface area contributed by atoms with Gasteiger partial charge in [-0.1, -0.05) is 30.0 Å². The highest BCUT2D eigenvalue weighted by molar-refractivity contribution is 8.01. The molecule has 0 radical (unpaired) electrons. The molecule has 2 rings (SSSR count). The summed E-state index contributed by atoms with van der Waals surface area (Å²) in [5, 5.41) is 10.3. The predicted molar refractivity (Wildman–Crippen MR) is 83.8 cm³/mol. The van der Waals surface area contributed by atoms with Crippen LogP contribution < -0.4 is 5.32 Å². The molecular formula is C11H14N4O4S3. The molecule has 0 unspecified atom stereocenters. The average molecular weight is 362 g/mol. The molecule has 0 aromatic carbocycles. The van der Waals surface area contributed by atoms with Crippen molar-refractivity contribution in [1.82, 2.24) is 14.5 Å². The van der Waals surface area contributed by atoms with E-state index in [-0.39, 0.29) is 10.9 Å². The van der Waals surface area contributed by atoms with Crippen molar-refractivity contribution in [2.75, 3.05) is 25.2 Å². The number of anilines is 1. The lowest BCUT2D eigenvalue weighted by molar-refractivity contribution is 0.0991. The lowest BCUT2D eigenvalue weighted by atomic mass is 10.4. The summed E-state index contributed by atoms with van der Waals surface area (Å²) in [6, 6.07) is 2.54. The van der Waals surface area contributed by atoms with Gasteiger partial charge >= 0.3 is 0 Å². The third-order valence-electron chi connectivity index (χ3n) is 2.43. The number of amides is 1. The van der Waals surface area contributed by atoms with E-state index in [1.54, 1.807) is 0 Å². The zero-order chi connectivity index (χ0) is 16.3. The highest BCUT2D eigenvalue weighted by atomic mass is 32.2. The number of hydrogen-bond acceptors (Lipinski definition) is 8. The number of aromatic nitrogens is 2. The third-order valence-corrected chi connectivity index (χ3v) is 5.98. The maximum absolute atomic E-state index is 12.0. The van der Waals surface area contributed by atoms with Crippen LogP contribution in [0.25, 0.3) is 0 Å². The molecule has 2 aromatic heterocycles. The van der Waals surface area contributed by atoms with Crippen molar-refractivity contribution in [3.63, 3.8) is 0 Å². The Kier molecular flexibility index (Phi) is 5.21. The Morgan fingerprint density at radius 3 is 2.77 bits per heavy atom. The number of carbonyl (C=O) groups excluding carboxylic acids is 1. The first-order chi connectivity index (χ1) is 10.3. The van der Waals surface area contributed by atoms with Crippen LogP contribution in [0.5, 0.6) is 0 Å². The van der Waals surface area contributed by atoms with Gasteiger partial charge in [0.15, 0.2) is 10.1 Å². The summed E-state index contributed by atoms with van der Waals surface area (Å²) in [5.41, 5.74) is 0. The van der Waals surface area contributed by atoms with E-state index in [1.807, 2.05) is 6.92 Å². The Bertz CT molecular complexity index is 766. The van der Waals surface area contributed by atoms with Gasteiger partial charge in [-0.15, -0.1) is 10.2 Å². The van der Waals surface area contributed by atoms with E-state index in [9.17, 15) is 13.2 Å². The molecule has 2 aromatic rings. The molecule has 0 bridgehead atoms. The van der Waals surface area contributed by atoms with E-state index < -0.39 is 15.9 Å². The number of hydrogen-bond donors (Lipinski definition) is 1. The molecule has 0 spiro atoms. The topological polar surface area (TPSA) is 105 Å². The highest BCUT2D eigenvalue weighted by Gasteiger charge is 2.23. The second kappa shape index (κ2) is 6.77. The number of furan rings is 1. The number of nitrogens with zero attached hydrogens (tertiary/aromatic N) is 3. The van der Waals surface area contributed by atoms with Crippen molar-refractivity contribution in [2.45, 2.75) is 16.4 Å². The number of rotatable bonds is 6. The molecule has 120 valence electrons. The van der Waals surface area contributed by atoms with Crippen molar-refractivity contribution in [2.24, 2.45) is 0 Å². The van der Waals surface area contributed by atoms with Crippen LogP contribution in [0.4, 0.5) is 5.13 Å². The summed E-state index contributed by atoms with van der Waals surface area (Å²) in [6.45, 7) is 1.99. The van der Waals surface area contributed by atoms with Crippen molar-refractivity contribution >= 4 is 44.2 Å². The molecule has 11 heteroatoms. The first-order valence-corrected chi connectivity index (χ1v) is 9.39. The summed E-state index contributed by atoms with van der Waals surface area (Å²) < 4.78 is 30.6. The average Bonchev–Trinajstić information content (AvgIpc) is 3.08. The molecule has 22 heavy (non-hydrogen) atoms. The molecule has 0 aliphatic heterocycles. The Morgan fingerprint density at radius 1 is 1.41 bits per heavy atom. The van der Waals surface area contributed by atoms with Gasteiger partial charge in [0, 0.05) is 14.1 Å². The van der Waals surface area contributed by atoms with Crippen LogP contribution in [0.2, 0.25) is 0 Å². The van der Waals surface area contributed by atoms with Crippen LogP contribution in [-0.4, -0.2) is 48.7 Å². The molecule has 0 atom stereocenters. The lowest BCUT2D eigenvalue weighted by Gasteiger charge is -2.07. The van der Waals surface area contributed by atoms with Crippen LogP contribution in [0.1, 0.15) is 17.5 Å². The van der Waals surface area contributed by atoms with E-state index in [4.69, 9.17) is 4.42 Å². The van der Waals surface area contributed by atoms with Crippen LogP contribution >= 0.6 is 23.1 Å². The van der Waals surface area contributed by atoms with Gasteiger partial charge in [0.1, 0.15) is 0 Å². The summed E-state index contributed by atoms with van der Waals surface area (Å²) >= 11 is 2.75. The Morgan fingerprint density at radius 2 is 2.14 bits per heavy atom.